The zero-order valence-corrected chi connectivity index (χ0v) is 24.3. The van der Waals surface area contributed by atoms with Crippen LogP contribution >= 0.6 is 0 Å². The van der Waals surface area contributed by atoms with Gasteiger partial charge in [-0.1, -0.05) is 48.5 Å². The molecule has 206 valence electrons. The van der Waals surface area contributed by atoms with Crippen molar-refractivity contribution in [3.05, 3.63) is 11.1 Å². The Bertz CT molecular complexity index is 1070. The summed E-state index contributed by atoms with van der Waals surface area (Å²) in [6.45, 7) is 17.7. The van der Waals surface area contributed by atoms with Gasteiger partial charge in [0.15, 0.2) is 5.78 Å². The minimum absolute atomic E-state index is 0.0280. The van der Waals surface area contributed by atoms with Gasteiger partial charge in [0.25, 0.3) is 0 Å². The van der Waals surface area contributed by atoms with Gasteiger partial charge in [0.05, 0.1) is 5.41 Å². The number of carboxylic acid groups (broad SMARTS) is 1. The van der Waals surface area contributed by atoms with Gasteiger partial charge in [0.2, 0.25) is 0 Å². The topological polar surface area (TPSA) is 80.7 Å². The van der Waals surface area contributed by atoms with Crippen LogP contribution in [0, 0.1) is 50.7 Å². The minimum atomic E-state index is -0.991. The molecule has 0 spiro atoms. The largest absolute Gasteiger partial charge is 0.481 e. The SMILES string of the molecule is CC(=O)OC1CCC2(C)C(CCC3(C)C2CCC2C4=C(C(C)C)C(=O)CC4(C(=O)O)CCC23C)C1(C)C. The molecule has 0 aromatic rings. The van der Waals surface area contributed by atoms with Gasteiger partial charge in [-0.2, -0.15) is 0 Å². The quantitative estimate of drug-likeness (QED) is 0.413. The Kier molecular flexibility index (Phi) is 5.95. The molecule has 0 bridgehead atoms. The highest BCUT2D eigenvalue weighted by atomic mass is 16.5. The maximum absolute atomic E-state index is 13.3. The monoisotopic (exact) mass is 512 g/mol. The summed E-state index contributed by atoms with van der Waals surface area (Å²) < 4.78 is 5.86. The maximum Gasteiger partial charge on any atom is 0.314 e. The van der Waals surface area contributed by atoms with Crippen molar-refractivity contribution in [1.29, 1.82) is 0 Å². The molecule has 1 N–H and O–H groups in total. The first kappa shape index (κ1) is 26.9. The van der Waals surface area contributed by atoms with E-state index in [0.29, 0.717) is 18.3 Å². The van der Waals surface area contributed by atoms with Crippen molar-refractivity contribution < 1.29 is 24.2 Å². The first-order chi connectivity index (χ1) is 17.1. The summed E-state index contributed by atoms with van der Waals surface area (Å²) in [6.07, 6.45) is 7.82. The number of allylic oxidation sites excluding steroid dienone is 1. The summed E-state index contributed by atoms with van der Waals surface area (Å²) in [5.74, 6) is 0.341. The number of hydrogen-bond donors (Lipinski definition) is 1. The molecule has 37 heavy (non-hydrogen) atoms. The minimum Gasteiger partial charge on any atom is -0.481 e. The van der Waals surface area contributed by atoms with Gasteiger partial charge >= 0.3 is 11.9 Å². The smallest absolute Gasteiger partial charge is 0.314 e. The standard InChI is InChI=1S/C32H48O5/c1-18(2)25-21(34)17-32(27(35)36)16-15-30(7)20(26(25)32)9-10-23-29(6)13-12-24(37-19(3)33)28(4,5)22(29)11-14-31(23,30)8/h18,20,22-24H,9-17H2,1-8H3,(H,35,36). The number of fused-ring (bicyclic) bond motifs is 7. The van der Waals surface area contributed by atoms with E-state index in [9.17, 15) is 19.5 Å². The highest BCUT2D eigenvalue weighted by molar-refractivity contribution is 6.05. The Morgan fingerprint density at radius 3 is 2.16 bits per heavy atom. The molecule has 0 aromatic heterocycles. The number of Topliss-reactive ketones (excluding diaryl/α,β-unsaturated/α-hetero) is 1. The number of hydrogen-bond acceptors (Lipinski definition) is 4. The van der Waals surface area contributed by atoms with Crippen LogP contribution in [0.5, 0.6) is 0 Å². The fourth-order valence-corrected chi connectivity index (χ4v) is 11.3. The van der Waals surface area contributed by atoms with Gasteiger partial charge in [-0.25, -0.2) is 0 Å². The first-order valence-electron chi connectivity index (χ1n) is 14.7. The fourth-order valence-electron chi connectivity index (χ4n) is 11.3. The van der Waals surface area contributed by atoms with Gasteiger partial charge < -0.3 is 9.84 Å². The normalized spacial score (nSPS) is 46.6. The molecule has 5 aliphatic rings. The van der Waals surface area contributed by atoms with Gasteiger partial charge in [-0.15, -0.1) is 0 Å². The summed E-state index contributed by atoms with van der Waals surface area (Å²) in [4.78, 5) is 38.0. The van der Waals surface area contributed by atoms with E-state index in [2.05, 4.69) is 48.5 Å². The highest BCUT2D eigenvalue weighted by Gasteiger charge is 2.71. The van der Waals surface area contributed by atoms with Crippen molar-refractivity contribution in [2.24, 2.45) is 50.7 Å². The van der Waals surface area contributed by atoms with Crippen LogP contribution in [0.4, 0.5) is 0 Å². The van der Waals surface area contributed by atoms with E-state index in [4.69, 9.17) is 4.74 Å². The zero-order valence-electron chi connectivity index (χ0n) is 24.3. The molecular formula is C32H48O5. The molecule has 5 aliphatic carbocycles. The number of carbonyl (C=O) groups excluding carboxylic acids is 2. The Hall–Kier alpha value is -1.65. The van der Waals surface area contributed by atoms with Gasteiger partial charge in [0, 0.05) is 18.8 Å². The lowest BCUT2D eigenvalue weighted by molar-refractivity contribution is -0.233. The molecule has 0 radical (unpaired) electrons. The lowest BCUT2D eigenvalue weighted by atomic mass is 9.33. The lowest BCUT2D eigenvalue weighted by Gasteiger charge is -2.72. The van der Waals surface area contributed by atoms with E-state index in [-0.39, 0.29) is 57.8 Å². The third-order valence-corrected chi connectivity index (χ3v) is 13.1. The second-order valence-corrected chi connectivity index (χ2v) is 15.0. The van der Waals surface area contributed by atoms with E-state index >= 15 is 0 Å². The molecule has 8 atom stereocenters. The molecule has 4 saturated carbocycles. The number of ether oxygens (including phenoxy) is 1. The summed E-state index contributed by atoms with van der Waals surface area (Å²) in [5.41, 5.74) is 0.992. The third-order valence-electron chi connectivity index (χ3n) is 13.1. The first-order valence-corrected chi connectivity index (χ1v) is 14.7. The van der Waals surface area contributed by atoms with E-state index in [1.807, 2.05) is 0 Å². The van der Waals surface area contributed by atoms with Gasteiger partial charge in [0.1, 0.15) is 6.10 Å². The Morgan fingerprint density at radius 1 is 0.892 bits per heavy atom. The van der Waals surface area contributed by atoms with Gasteiger partial charge in [-0.3, -0.25) is 14.4 Å². The summed E-state index contributed by atoms with van der Waals surface area (Å²) in [6, 6.07) is 0. The predicted octanol–water partition coefficient (Wildman–Crippen LogP) is 6.98. The Balaban J connectivity index is 1.57. The lowest BCUT2D eigenvalue weighted by Crippen LogP contribution is -2.66. The highest BCUT2D eigenvalue weighted by Crippen LogP contribution is 2.76. The average Bonchev–Trinajstić information content (AvgIpc) is 3.09. The van der Waals surface area contributed by atoms with E-state index in [0.717, 1.165) is 56.1 Å². The molecule has 0 heterocycles. The van der Waals surface area contributed by atoms with Crippen LogP contribution in [-0.4, -0.2) is 28.9 Å². The molecule has 0 aliphatic heterocycles. The molecule has 5 rings (SSSR count). The van der Waals surface area contributed by atoms with E-state index in [1.165, 1.54) is 6.92 Å². The van der Waals surface area contributed by atoms with Crippen LogP contribution in [0.3, 0.4) is 0 Å². The molecule has 0 saturated heterocycles. The summed E-state index contributed by atoms with van der Waals surface area (Å²) in [5, 5.41) is 10.5. The van der Waals surface area contributed by atoms with Crippen molar-refractivity contribution in [3.63, 3.8) is 0 Å². The fraction of sp³-hybridized carbons (Fsp3) is 0.844. The molecular weight excluding hydrogens is 464 g/mol. The van der Waals surface area contributed by atoms with Crippen LogP contribution in [0.25, 0.3) is 0 Å². The molecule has 0 aromatic carbocycles. The molecule has 5 heteroatoms. The van der Waals surface area contributed by atoms with E-state index < -0.39 is 11.4 Å². The third kappa shape index (κ3) is 3.30. The summed E-state index contributed by atoms with van der Waals surface area (Å²) >= 11 is 0. The van der Waals surface area contributed by atoms with Gasteiger partial charge in [-0.05, 0) is 102 Å². The van der Waals surface area contributed by atoms with Crippen molar-refractivity contribution in [1.82, 2.24) is 0 Å². The zero-order chi connectivity index (χ0) is 27.3. The van der Waals surface area contributed by atoms with Crippen LogP contribution in [0.2, 0.25) is 0 Å². The predicted molar refractivity (Wildman–Crippen MR) is 143 cm³/mol. The van der Waals surface area contributed by atoms with Crippen molar-refractivity contribution >= 4 is 17.7 Å². The molecule has 8 unspecified atom stereocenters. The Labute approximate surface area is 223 Å². The number of carboxylic acids is 1. The number of carbonyl (C=O) groups is 3. The number of rotatable bonds is 3. The van der Waals surface area contributed by atoms with E-state index in [1.54, 1.807) is 0 Å². The second-order valence-electron chi connectivity index (χ2n) is 15.0. The molecule has 0 amide bonds. The molecule has 4 fully saturated rings. The molecule has 5 nitrogen and oxygen atoms in total. The van der Waals surface area contributed by atoms with Crippen molar-refractivity contribution in [2.75, 3.05) is 0 Å². The second kappa shape index (κ2) is 8.18. The Morgan fingerprint density at radius 2 is 1.57 bits per heavy atom. The van der Waals surface area contributed by atoms with Crippen LogP contribution in [0.1, 0.15) is 113 Å². The number of esters is 1. The number of aliphatic carboxylic acids is 1. The van der Waals surface area contributed by atoms with Crippen LogP contribution in [-0.2, 0) is 19.1 Å². The number of ketones is 1. The van der Waals surface area contributed by atoms with Crippen LogP contribution in [0.15, 0.2) is 11.1 Å². The average molecular weight is 513 g/mol. The summed E-state index contributed by atoms with van der Waals surface area (Å²) in [7, 11) is 0. The van der Waals surface area contributed by atoms with Crippen molar-refractivity contribution in [3.8, 4) is 0 Å². The van der Waals surface area contributed by atoms with Crippen molar-refractivity contribution in [2.45, 2.75) is 119 Å². The maximum atomic E-state index is 13.3. The van der Waals surface area contributed by atoms with Crippen LogP contribution < -0.4 is 0 Å².